The van der Waals surface area contributed by atoms with Gasteiger partial charge >= 0.3 is 6.18 Å². The maximum atomic E-state index is 12.9. The molecule has 0 saturated heterocycles. The lowest BCUT2D eigenvalue weighted by Gasteiger charge is -2.20. The van der Waals surface area contributed by atoms with Gasteiger partial charge in [-0.1, -0.05) is 50.0 Å². The van der Waals surface area contributed by atoms with Crippen molar-refractivity contribution in [2.75, 3.05) is 0 Å². The van der Waals surface area contributed by atoms with Crippen LogP contribution < -0.4 is 0 Å². The quantitative estimate of drug-likeness (QED) is 0.672. The maximum Gasteiger partial charge on any atom is 0.435 e. The molecule has 2 nitrogen and oxygen atoms in total. The molecule has 1 aromatic heterocycles. The molecular weight excluding hydrogens is 324 g/mol. The Morgan fingerprint density at radius 2 is 1.71 bits per heavy atom. The van der Waals surface area contributed by atoms with Crippen molar-refractivity contribution in [2.24, 2.45) is 0 Å². The average Bonchev–Trinajstić information content (AvgIpc) is 2.77. The topological polar surface area (TPSA) is 17.8 Å². The summed E-state index contributed by atoms with van der Waals surface area (Å²) in [6, 6.07) is 5.80. The molecule has 0 bridgehead atoms. The van der Waals surface area contributed by atoms with Crippen LogP contribution in [0.3, 0.4) is 0 Å². The molecule has 0 spiro atoms. The van der Waals surface area contributed by atoms with E-state index in [9.17, 15) is 13.2 Å². The zero-order chi connectivity index (χ0) is 16.0. The first kappa shape index (κ1) is 16.2. The summed E-state index contributed by atoms with van der Waals surface area (Å²) in [5, 5.41) is 4.10. The van der Waals surface area contributed by atoms with Gasteiger partial charge in [-0.3, -0.25) is 0 Å². The molecule has 1 heterocycles. The Morgan fingerprint density at radius 3 is 2.24 bits per heavy atom. The molecule has 0 aliphatic carbocycles. The molecule has 2 aromatic rings. The molecule has 0 radical (unpaired) electrons. The highest BCUT2D eigenvalue weighted by molar-refractivity contribution is 6.43. The fraction of sp³-hybridized carbons (Fsp3) is 0.357. The van der Waals surface area contributed by atoms with Crippen molar-refractivity contribution in [1.29, 1.82) is 0 Å². The Kier molecular flexibility index (Phi) is 4.02. The Bertz CT molecular complexity index is 670. The van der Waals surface area contributed by atoms with Crippen molar-refractivity contribution in [3.8, 4) is 5.69 Å². The van der Waals surface area contributed by atoms with E-state index in [-0.39, 0.29) is 10.0 Å². The molecule has 21 heavy (non-hydrogen) atoms. The number of aromatic nitrogens is 2. The van der Waals surface area contributed by atoms with Crippen molar-refractivity contribution in [3.63, 3.8) is 0 Å². The van der Waals surface area contributed by atoms with E-state index >= 15 is 0 Å². The highest BCUT2D eigenvalue weighted by atomic mass is 35.5. The SMILES string of the molecule is CC(C)(C)c1cc(C(F)(F)F)nn1-c1cccc(Cl)c1Cl. The molecular formula is C14H13Cl2F3N2. The lowest BCUT2D eigenvalue weighted by molar-refractivity contribution is -0.141. The number of alkyl halides is 3. The van der Waals surface area contributed by atoms with E-state index in [2.05, 4.69) is 5.10 Å². The normalized spacial score (nSPS) is 12.8. The van der Waals surface area contributed by atoms with Gasteiger partial charge in [-0.05, 0) is 18.2 Å². The summed E-state index contributed by atoms with van der Waals surface area (Å²) in [6.07, 6.45) is -4.52. The summed E-state index contributed by atoms with van der Waals surface area (Å²) in [5.74, 6) is 0. The van der Waals surface area contributed by atoms with E-state index in [1.54, 1.807) is 39.0 Å². The molecule has 7 heteroatoms. The van der Waals surface area contributed by atoms with Crippen molar-refractivity contribution in [2.45, 2.75) is 32.4 Å². The van der Waals surface area contributed by atoms with Gasteiger partial charge in [0.15, 0.2) is 5.69 Å². The van der Waals surface area contributed by atoms with Gasteiger partial charge < -0.3 is 0 Å². The van der Waals surface area contributed by atoms with Gasteiger partial charge in [0.05, 0.1) is 21.4 Å². The van der Waals surface area contributed by atoms with Crippen LogP contribution in [0.15, 0.2) is 24.3 Å². The highest BCUT2D eigenvalue weighted by Gasteiger charge is 2.37. The molecule has 0 N–H and O–H groups in total. The van der Waals surface area contributed by atoms with Crippen LogP contribution >= 0.6 is 23.2 Å². The summed E-state index contributed by atoms with van der Waals surface area (Å²) in [7, 11) is 0. The van der Waals surface area contributed by atoms with Crippen molar-refractivity contribution < 1.29 is 13.2 Å². The highest BCUT2D eigenvalue weighted by Crippen LogP contribution is 2.36. The molecule has 0 saturated carbocycles. The van der Waals surface area contributed by atoms with E-state index in [1.807, 2.05) is 0 Å². The minimum atomic E-state index is -4.52. The average molecular weight is 337 g/mol. The van der Waals surface area contributed by atoms with Crippen molar-refractivity contribution in [3.05, 3.63) is 45.7 Å². The van der Waals surface area contributed by atoms with Crippen LogP contribution in [0.5, 0.6) is 0 Å². The monoisotopic (exact) mass is 336 g/mol. The Morgan fingerprint density at radius 1 is 1.10 bits per heavy atom. The number of benzene rings is 1. The van der Waals surface area contributed by atoms with Crippen molar-refractivity contribution in [1.82, 2.24) is 9.78 Å². The van der Waals surface area contributed by atoms with Gasteiger partial charge in [-0.2, -0.15) is 18.3 Å². The van der Waals surface area contributed by atoms with Crippen LogP contribution in [0.4, 0.5) is 13.2 Å². The zero-order valence-corrected chi connectivity index (χ0v) is 13.1. The summed E-state index contributed by atoms with van der Waals surface area (Å²) < 4.78 is 40.0. The van der Waals surface area contributed by atoms with Gasteiger partial charge in [0.1, 0.15) is 0 Å². The van der Waals surface area contributed by atoms with E-state index in [1.165, 1.54) is 4.68 Å². The first-order valence-corrected chi connectivity index (χ1v) is 6.89. The molecule has 1 aromatic carbocycles. The minimum absolute atomic E-state index is 0.168. The Hall–Kier alpha value is -1.20. The number of halogens is 5. The molecule has 2 rings (SSSR count). The fourth-order valence-corrected chi connectivity index (χ4v) is 2.27. The zero-order valence-electron chi connectivity index (χ0n) is 11.6. The van der Waals surface area contributed by atoms with Crippen LogP contribution in [0.25, 0.3) is 5.69 Å². The fourth-order valence-electron chi connectivity index (χ4n) is 1.89. The van der Waals surface area contributed by atoms with Gasteiger partial charge in [0, 0.05) is 5.41 Å². The third-order valence-electron chi connectivity index (χ3n) is 2.93. The summed E-state index contributed by atoms with van der Waals surface area (Å²) in [4.78, 5) is 0. The van der Waals surface area contributed by atoms with E-state index in [0.29, 0.717) is 11.4 Å². The van der Waals surface area contributed by atoms with Gasteiger partial charge in [0.2, 0.25) is 0 Å². The number of hydrogen-bond donors (Lipinski definition) is 0. The van der Waals surface area contributed by atoms with Crippen molar-refractivity contribution >= 4 is 23.2 Å². The number of nitrogens with zero attached hydrogens (tertiary/aromatic N) is 2. The van der Waals surface area contributed by atoms with E-state index < -0.39 is 17.3 Å². The third-order valence-corrected chi connectivity index (χ3v) is 3.74. The molecule has 114 valence electrons. The minimum Gasteiger partial charge on any atom is -0.235 e. The van der Waals surface area contributed by atoms with Crippen LogP contribution in [0.1, 0.15) is 32.2 Å². The number of hydrogen-bond acceptors (Lipinski definition) is 1. The third kappa shape index (κ3) is 3.19. The first-order valence-electron chi connectivity index (χ1n) is 6.14. The summed E-state index contributed by atoms with van der Waals surface area (Å²) >= 11 is 12.0. The van der Waals surface area contributed by atoms with Gasteiger partial charge in [0.25, 0.3) is 0 Å². The molecule has 0 unspecified atom stereocenters. The molecule has 0 aliphatic heterocycles. The van der Waals surface area contributed by atoms with Crippen LogP contribution in [-0.2, 0) is 11.6 Å². The van der Waals surface area contributed by atoms with E-state index in [4.69, 9.17) is 23.2 Å². The second-order valence-electron chi connectivity index (χ2n) is 5.65. The lowest BCUT2D eigenvalue weighted by atomic mass is 9.91. The second-order valence-corrected chi connectivity index (χ2v) is 6.43. The second kappa shape index (κ2) is 5.21. The van der Waals surface area contributed by atoms with Crippen LogP contribution in [-0.4, -0.2) is 9.78 Å². The predicted molar refractivity (Wildman–Crippen MR) is 77.3 cm³/mol. The molecule has 0 aliphatic rings. The molecule has 0 fully saturated rings. The van der Waals surface area contributed by atoms with E-state index in [0.717, 1.165) is 6.07 Å². The smallest absolute Gasteiger partial charge is 0.235 e. The maximum absolute atomic E-state index is 12.9. The Labute approximate surface area is 130 Å². The molecule has 0 amide bonds. The van der Waals surface area contributed by atoms with Crippen LogP contribution in [0.2, 0.25) is 10.0 Å². The standard InChI is InChI=1S/C14H13Cl2F3N2/c1-13(2,3)11-7-10(14(17,18)19)20-21(11)9-6-4-5-8(15)12(9)16/h4-7H,1-3H3. The van der Waals surface area contributed by atoms with Gasteiger partial charge in [-0.15, -0.1) is 0 Å². The van der Waals surface area contributed by atoms with Gasteiger partial charge in [-0.25, -0.2) is 4.68 Å². The molecule has 0 atom stereocenters. The largest absolute Gasteiger partial charge is 0.435 e. The summed E-state index contributed by atoms with van der Waals surface area (Å²) in [6.45, 7) is 5.41. The first-order chi connectivity index (χ1) is 9.51. The summed E-state index contributed by atoms with van der Waals surface area (Å²) in [5.41, 5.74) is -0.769. The van der Waals surface area contributed by atoms with Crippen LogP contribution in [0, 0.1) is 0 Å². The lowest BCUT2D eigenvalue weighted by Crippen LogP contribution is -2.17. The predicted octanol–water partition coefficient (Wildman–Crippen LogP) is 5.50. The Balaban J connectivity index is 2.73. The number of rotatable bonds is 1.